The topological polar surface area (TPSA) is 32.5 Å². The Labute approximate surface area is 111 Å². The number of nitrogens with zero attached hydrogens (tertiary/aromatic N) is 2. The molecule has 0 aromatic heterocycles. The first kappa shape index (κ1) is 13.4. The van der Waals surface area contributed by atoms with Crippen molar-refractivity contribution in [2.24, 2.45) is 11.7 Å². The summed E-state index contributed by atoms with van der Waals surface area (Å²) in [6.07, 6.45) is 0. The molecule has 1 aromatic carbocycles. The van der Waals surface area contributed by atoms with Crippen molar-refractivity contribution < 1.29 is 0 Å². The molecule has 1 atom stereocenters. The maximum absolute atomic E-state index is 6.14. The molecule has 0 unspecified atom stereocenters. The van der Waals surface area contributed by atoms with Gasteiger partial charge < -0.3 is 10.6 Å². The van der Waals surface area contributed by atoms with Crippen LogP contribution in [0.25, 0.3) is 0 Å². The van der Waals surface area contributed by atoms with Crippen LogP contribution in [0.2, 0.25) is 0 Å². The van der Waals surface area contributed by atoms with E-state index in [4.69, 9.17) is 5.73 Å². The maximum atomic E-state index is 6.14. The minimum Gasteiger partial charge on any atom is -0.369 e. The number of benzene rings is 1. The molecule has 1 fully saturated rings. The molecule has 1 aliphatic heterocycles. The van der Waals surface area contributed by atoms with Crippen molar-refractivity contribution in [1.29, 1.82) is 0 Å². The van der Waals surface area contributed by atoms with Crippen LogP contribution in [-0.4, -0.2) is 43.7 Å². The van der Waals surface area contributed by atoms with E-state index in [0.717, 1.165) is 32.7 Å². The van der Waals surface area contributed by atoms with Crippen LogP contribution in [0, 0.1) is 5.92 Å². The summed E-state index contributed by atoms with van der Waals surface area (Å²) in [5.74, 6) is 0.567. The van der Waals surface area contributed by atoms with Gasteiger partial charge in [0.05, 0.1) is 0 Å². The lowest BCUT2D eigenvalue weighted by molar-refractivity contribution is 0.226. The van der Waals surface area contributed by atoms with Gasteiger partial charge in [-0.2, -0.15) is 0 Å². The molecular formula is C15H25N3. The Morgan fingerprint density at radius 2 is 1.67 bits per heavy atom. The monoisotopic (exact) mass is 247 g/mol. The number of hydrogen-bond acceptors (Lipinski definition) is 3. The summed E-state index contributed by atoms with van der Waals surface area (Å²) in [7, 11) is 0. The van der Waals surface area contributed by atoms with Gasteiger partial charge in [-0.3, -0.25) is 4.90 Å². The van der Waals surface area contributed by atoms with Gasteiger partial charge in [0.25, 0.3) is 0 Å². The fourth-order valence-electron chi connectivity index (χ4n) is 2.34. The Kier molecular flexibility index (Phi) is 4.61. The van der Waals surface area contributed by atoms with Gasteiger partial charge >= 0.3 is 0 Å². The third kappa shape index (κ3) is 3.47. The first-order valence-corrected chi connectivity index (χ1v) is 6.95. The van der Waals surface area contributed by atoms with Gasteiger partial charge in [-0.05, 0) is 18.1 Å². The highest BCUT2D eigenvalue weighted by atomic mass is 15.3. The quantitative estimate of drug-likeness (QED) is 0.880. The number of para-hydroxylation sites is 1. The van der Waals surface area contributed by atoms with Crippen molar-refractivity contribution in [3.63, 3.8) is 0 Å². The van der Waals surface area contributed by atoms with Crippen LogP contribution in [0.5, 0.6) is 0 Å². The van der Waals surface area contributed by atoms with Crippen LogP contribution in [-0.2, 0) is 0 Å². The second kappa shape index (κ2) is 6.21. The molecule has 2 N–H and O–H groups in total. The zero-order valence-corrected chi connectivity index (χ0v) is 11.5. The average Bonchev–Trinajstić information content (AvgIpc) is 2.40. The van der Waals surface area contributed by atoms with Crippen LogP contribution in [0.15, 0.2) is 30.3 Å². The molecular weight excluding hydrogens is 222 g/mol. The Bertz CT molecular complexity index is 342. The maximum Gasteiger partial charge on any atom is 0.0367 e. The van der Waals surface area contributed by atoms with Crippen LogP contribution < -0.4 is 10.6 Å². The predicted molar refractivity (Wildman–Crippen MR) is 77.9 cm³/mol. The van der Waals surface area contributed by atoms with E-state index in [2.05, 4.69) is 54.0 Å². The molecule has 1 saturated heterocycles. The van der Waals surface area contributed by atoms with Gasteiger partial charge in [-0.25, -0.2) is 0 Å². The van der Waals surface area contributed by atoms with Crippen LogP contribution >= 0.6 is 0 Å². The van der Waals surface area contributed by atoms with E-state index in [0.29, 0.717) is 12.0 Å². The first-order chi connectivity index (χ1) is 8.66. The largest absolute Gasteiger partial charge is 0.369 e. The molecule has 0 bridgehead atoms. The van der Waals surface area contributed by atoms with Crippen LogP contribution in [0.3, 0.4) is 0 Å². The number of piperazine rings is 1. The molecule has 3 heteroatoms. The molecule has 0 saturated carbocycles. The SMILES string of the molecule is CC(C)[C@@H](N)CN1CCN(c2ccccc2)CC1. The summed E-state index contributed by atoms with van der Waals surface area (Å²) in [6.45, 7) is 9.88. The molecule has 0 aliphatic carbocycles. The average molecular weight is 247 g/mol. The highest BCUT2D eigenvalue weighted by molar-refractivity contribution is 5.46. The molecule has 0 amide bonds. The smallest absolute Gasteiger partial charge is 0.0367 e. The minimum atomic E-state index is 0.299. The first-order valence-electron chi connectivity index (χ1n) is 6.95. The van der Waals surface area contributed by atoms with Gasteiger partial charge in [0.15, 0.2) is 0 Å². The molecule has 0 spiro atoms. The van der Waals surface area contributed by atoms with E-state index in [-0.39, 0.29) is 0 Å². The van der Waals surface area contributed by atoms with Crippen molar-refractivity contribution in [3.8, 4) is 0 Å². The van der Waals surface area contributed by atoms with Crippen LogP contribution in [0.1, 0.15) is 13.8 Å². The summed E-state index contributed by atoms with van der Waals surface area (Å²) in [5.41, 5.74) is 7.48. The van der Waals surface area contributed by atoms with Crippen molar-refractivity contribution in [2.75, 3.05) is 37.6 Å². The highest BCUT2D eigenvalue weighted by Crippen LogP contribution is 2.15. The minimum absolute atomic E-state index is 0.299. The predicted octanol–water partition coefficient (Wildman–Crippen LogP) is 1.79. The second-order valence-electron chi connectivity index (χ2n) is 5.53. The van der Waals surface area contributed by atoms with Crippen molar-refractivity contribution in [1.82, 2.24) is 4.90 Å². The lowest BCUT2D eigenvalue weighted by Crippen LogP contribution is -2.50. The zero-order chi connectivity index (χ0) is 13.0. The fourth-order valence-corrected chi connectivity index (χ4v) is 2.34. The molecule has 100 valence electrons. The van der Waals surface area contributed by atoms with E-state index in [1.165, 1.54) is 5.69 Å². The highest BCUT2D eigenvalue weighted by Gasteiger charge is 2.19. The molecule has 1 aliphatic rings. The third-order valence-electron chi connectivity index (χ3n) is 3.82. The van der Waals surface area contributed by atoms with Gasteiger partial charge in [0, 0.05) is 44.5 Å². The Hall–Kier alpha value is -1.06. The Morgan fingerprint density at radius 3 is 2.22 bits per heavy atom. The summed E-state index contributed by atoms with van der Waals surface area (Å²) in [6, 6.07) is 11.0. The van der Waals surface area contributed by atoms with E-state index in [9.17, 15) is 0 Å². The van der Waals surface area contributed by atoms with E-state index in [1.807, 2.05) is 0 Å². The summed E-state index contributed by atoms with van der Waals surface area (Å²) in [5, 5.41) is 0. The molecule has 0 radical (unpaired) electrons. The standard InChI is InChI=1S/C15H25N3/c1-13(2)15(16)12-17-8-10-18(11-9-17)14-6-4-3-5-7-14/h3-7,13,15H,8-12,16H2,1-2H3/t15-/m0/s1. The van der Waals surface area contributed by atoms with Gasteiger partial charge in [-0.1, -0.05) is 32.0 Å². The summed E-state index contributed by atoms with van der Waals surface area (Å²) >= 11 is 0. The number of rotatable bonds is 4. The van der Waals surface area contributed by atoms with Crippen LogP contribution in [0.4, 0.5) is 5.69 Å². The second-order valence-corrected chi connectivity index (χ2v) is 5.53. The Morgan fingerprint density at radius 1 is 1.06 bits per heavy atom. The lowest BCUT2D eigenvalue weighted by atomic mass is 10.0. The third-order valence-corrected chi connectivity index (χ3v) is 3.82. The van der Waals surface area contributed by atoms with E-state index in [1.54, 1.807) is 0 Å². The molecule has 1 aromatic rings. The van der Waals surface area contributed by atoms with E-state index >= 15 is 0 Å². The molecule has 18 heavy (non-hydrogen) atoms. The van der Waals surface area contributed by atoms with Gasteiger partial charge in [0.2, 0.25) is 0 Å². The number of nitrogens with two attached hydrogens (primary N) is 1. The number of hydrogen-bond donors (Lipinski definition) is 1. The van der Waals surface area contributed by atoms with E-state index < -0.39 is 0 Å². The Balaban J connectivity index is 1.81. The lowest BCUT2D eigenvalue weighted by Gasteiger charge is -2.37. The summed E-state index contributed by atoms with van der Waals surface area (Å²) in [4.78, 5) is 4.95. The molecule has 1 heterocycles. The zero-order valence-electron chi connectivity index (χ0n) is 11.5. The summed E-state index contributed by atoms with van der Waals surface area (Å²) < 4.78 is 0. The van der Waals surface area contributed by atoms with Crippen molar-refractivity contribution in [3.05, 3.63) is 30.3 Å². The number of anilines is 1. The van der Waals surface area contributed by atoms with Crippen molar-refractivity contribution >= 4 is 5.69 Å². The normalized spacial score (nSPS) is 19.2. The van der Waals surface area contributed by atoms with Crippen molar-refractivity contribution in [2.45, 2.75) is 19.9 Å². The fraction of sp³-hybridized carbons (Fsp3) is 0.600. The molecule has 3 nitrogen and oxygen atoms in total. The van der Waals surface area contributed by atoms with Gasteiger partial charge in [-0.15, -0.1) is 0 Å². The van der Waals surface area contributed by atoms with Gasteiger partial charge in [0.1, 0.15) is 0 Å². The molecule has 2 rings (SSSR count).